The zero-order chi connectivity index (χ0) is 14.2. The molecule has 2 N–H and O–H groups in total. The molecular weight excluding hydrogens is 248 g/mol. The van der Waals surface area contributed by atoms with Crippen LogP contribution in [0.3, 0.4) is 0 Å². The monoisotopic (exact) mass is 274 g/mol. The fraction of sp³-hybridized carbons (Fsp3) is 0.625. The predicted octanol–water partition coefficient (Wildman–Crippen LogP) is 3.85. The van der Waals surface area contributed by atoms with Crippen LogP contribution in [0.1, 0.15) is 46.0 Å². The maximum Gasteiger partial charge on any atom is 0.224 e. The molecule has 4 heteroatoms. The van der Waals surface area contributed by atoms with E-state index < -0.39 is 0 Å². The topological polar surface area (TPSA) is 49.8 Å². The van der Waals surface area contributed by atoms with Crippen molar-refractivity contribution in [2.24, 2.45) is 5.92 Å². The first-order chi connectivity index (χ1) is 9.74. The molecule has 0 bridgehead atoms. The van der Waals surface area contributed by atoms with E-state index in [-0.39, 0.29) is 0 Å². The average Bonchev–Trinajstić information content (AvgIpc) is 2.47. The van der Waals surface area contributed by atoms with Gasteiger partial charge in [0.25, 0.3) is 0 Å². The number of nitrogens with one attached hydrogen (secondary N) is 2. The molecule has 1 aliphatic carbocycles. The Balaban J connectivity index is 1.77. The summed E-state index contributed by atoms with van der Waals surface area (Å²) < 4.78 is 0. The third kappa shape index (κ3) is 5.19. The highest BCUT2D eigenvalue weighted by Gasteiger charge is 2.04. The number of aromatic nitrogens is 2. The molecule has 0 saturated carbocycles. The van der Waals surface area contributed by atoms with Gasteiger partial charge in [0.05, 0.1) is 0 Å². The highest BCUT2D eigenvalue weighted by atomic mass is 15.1. The van der Waals surface area contributed by atoms with Crippen molar-refractivity contribution >= 4 is 11.8 Å². The zero-order valence-corrected chi connectivity index (χ0v) is 12.7. The van der Waals surface area contributed by atoms with Crippen molar-refractivity contribution in [3.63, 3.8) is 0 Å². The van der Waals surface area contributed by atoms with Crippen LogP contribution in [0.5, 0.6) is 0 Å². The van der Waals surface area contributed by atoms with E-state index in [1.54, 1.807) is 11.8 Å². The van der Waals surface area contributed by atoms with E-state index in [1.165, 1.54) is 25.7 Å². The molecule has 0 fully saturated rings. The van der Waals surface area contributed by atoms with Crippen LogP contribution < -0.4 is 10.6 Å². The van der Waals surface area contributed by atoms with Crippen molar-refractivity contribution in [3.05, 3.63) is 23.9 Å². The van der Waals surface area contributed by atoms with Crippen molar-refractivity contribution in [3.8, 4) is 0 Å². The normalized spacial score (nSPS) is 15.1. The lowest BCUT2D eigenvalue weighted by Crippen LogP contribution is -2.11. The molecule has 0 saturated heterocycles. The molecule has 4 nitrogen and oxygen atoms in total. The van der Waals surface area contributed by atoms with Gasteiger partial charge >= 0.3 is 0 Å². The van der Waals surface area contributed by atoms with E-state index in [1.807, 2.05) is 6.07 Å². The predicted molar refractivity (Wildman–Crippen MR) is 85.0 cm³/mol. The first kappa shape index (κ1) is 14.8. The molecule has 1 heterocycles. The minimum atomic E-state index is 0.611. The minimum Gasteiger partial charge on any atom is -0.370 e. The van der Waals surface area contributed by atoms with E-state index in [0.717, 1.165) is 31.3 Å². The van der Waals surface area contributed by atoms with Gasteiger partial charge in [-0.05, 0) is 44.1 Å². The van der Waals surface area contributed by atoms with E-state index >= 15 is 0 Å². The molecule has 0 atom stereocenters. The molecular formula is C16H26N4. The molecule has 0 spiro atoms. The van der Waals surface area contributed by atoms with Crippen LogP contribution in [0.4, 0.5) is 11.8 Å². The molecule has 1 aliphatic rings. The summed E-state index contributed by atoms with van der Waals surface area (Å²) in [5.41, 5.74) is 1.58. The van der Waals surface area contributed by atoms with Gasteiger partial charge in [0.15, 0.2) is 0 Å². The summed E-state index contributed by atoms with van der Waals surface area (Å²) in [6.45, 7) is 6.22. The van der Waals surface area contributed by atoms with Gasteiger partial charge in [-0.2, -0.15) is 4.98 Å². The van der Waals surface area contributed by atoms with E-state index in [4.69, 9.17) is 0 Å². The van der Waals surface area contributed by atoms with Crippen LogP contribution in [0.25, 0.3) is 0 Å². The Labute approximate surface area is 122 Å². The van der Waals surface area contributed by atoms with Crippen LogP contribution in [0, 0.1) is 5.92 Å². The summed E-state index contributed by atoms with van der Waals surface area (Å²) >= 11 is 0. The SMILES string of the molecule is CC(C)CNc1ccnc(NCCC2=CCCCC2)n1. The lowest BCUT2D eigenvalue weighted by atomic mass is 9.97. The summed E-state index contributed by atoms with van der Waals surface area (Å²) in [5.74, 6) is 2.22. The molecule has 20 heavy (non-hydrogen) atoms. The minimum absolute atomic E-state index is 0.611. The molecule has 1 aromatic rings. The van der Waals surface area contributed by atoms with Crippen LogP contribution in [-0.4, -0.2) is 23.1 Å². The molecule has 110 valence electrons. The average molecular weight is 274 g/mol. The number of hydrogen-bond donors (Lipinski definition) is 2. The molecule has 0 amide bonds. The summed E-state index contributed by atoms with van der Waals surface area (Å²) in [6, 6.07) is 1.91. The largest absolute Gasteiger partial charge is 0.370 e. The Morgan fingerprint density at radius 1 is 1.25 bits per heavy atom. The van der Waals surface area contributed by atoms with Gasteiger partial charge in [-0.25, -0.2) is 4.98 Å². The van der Waals surface area contributed by atoms with E-state index in [2.05, 4.69) is 40.5 Å². The van der Waals surface area contributed by atoms with Crippen molar-refractivity contribution in [2.75, 3.05) is 23.7 Å². The lowest BCUT2D eigenvalue weighted by molar-refractivity contribution is 0.678. The fourth-order valence-corrected chi connectivity index (χ4v) is 2.32. The number of nitrogens with zero attached hydrogens (tertiary/aromatic N) is 2. The van der Waals surface area contributed by atoms with Gasteiger partial charge < -0.3 is 10.6 Å². The Morgan fingerprint density at radius 2 is 2.15 bits per heavy atom. The maximum atomic E-state index is 4.47. The lowest BCUT2D eigenvalue weighted by Gasteiger charge is -2.13. The Kier molecular flexibility index (Phi) is 5.84. The summed E-state index contributed by atoms with van der Waals surface area (Å²) in [5, 5.41) is 6.64. The van der Waals surface area contributed by atoms with Gasteiger partial charge in [0.2, 0.25) is 5.95 Å². The summed E-state index contributed by atoms with van der Waals surface area (Å²) in [6.07, 6.45) is 10.5. The van der Waals surface area contributed by atoms with Crippen molar-refractivity contribution in [1.29, 1.82) is 0 Å². The second-order valence-corrected chi connectivity index (χ2v) is 5.83. The molecule has 2 rings (SSSR count). The van der Waals surface area contributed by atoms with Crippen LogP contribution in [0.2, 0.25) is 0 Å². The van der Waals surface area contributed by atoms with Gasteiger partial charge in [-0.3, -0.25) is 0 Å². The first-order valence-corrected chi connectivity index (χ1v) is 7.73. The van der Waals surface area contributed by atoms with Crippen molar-refractivity contribution in [1.82, 2.24) is 9.97 Å². The van der Waals surface area contributed by atoms with Crippen LogP contribution in [-0.2, 0) is 0 Å². The smallest absolute Gasteiger partial charge is 0.224 e. The zero-order valence-electron chi connectivity index (χ0n) is 12.7. The molecule has 1 aromatic heterocycles. The maximum absolute atomic E-state index is 4.47. The van der Waals surface area contributed by atoms with Gasteiger partial charge in [-0.1, -0.05) is 25.5 Å². The first-order valence-electron chi connectivity index (χ1n) is 7.73. The fourth-order valence-electron chi connectivity index (χ4n) is 2.32. The quantitative estimate of drug-likeness (QED) is 0.742. The Hall–Kier alpha value is -1.58. The van der Waals surface area contributed by atoms with E-state index in [9.17, 15) is 0 Å². The van der Waals surface area contributed by atoms with Crippen molar-refractivity contribution < 1.29 is 0 Å². The van der Waals surface area contributed by atoms with Gasteiger partial charge in [0, 0.05) is 19.3 Å². The van der Waals surface area contributed by atoms with Gasteiger partial charge in [-0.15, -0.1) is 0 Å². The number of allylic oxidation sites excluding steroid dienone is 1. The molecule has 0 aromatic carbocycles. The molecule has 0 aliphatic heterocycles. The summed E-state index contributed by atoms with van der Waals surface area (Å²) in [7, 11) is 0. The van der Waals surface area contributed by atoms with Crippen LogP contribution >= 0.6 is 0 Å². The van der Waals surface area contributed by atoms with Crippen LogP contribution in [0.15, 0.2) is 23.9 Å². The highest BCUT2D eigenvalue weighted by molar-refractivity contribution is 5.39. The van der Waals surface area contributed by atoms with Crippen molar-refractivity contribution in [2.45, 2.75) is 46.0 Å². The molecule has 0 unspecified atom stereocenters. The Morgan fingerprint density at radius 3 is 2.90 bits per heavy atom. The van der Waals surface area contributed by atoms with Gasteiger partial charge in [0.1, 0.15) is 5.82 Å². The number of rotatable bonds is 7. The highest BCUT2D eigenvalue weighted by Crippen LogP contribution is 2.19. The third-order valence-electron chi connectivity index (χ3n) is 3.46. The number of anilines is 2. The number of hydrogen-bond acceptors (Lipinski definition) is 4. The second-order valence-electron chi connectivity index (χ2n) is 5.83. The summed E-state index contributed by atoms with van der Waals surface area (Å²) in [4.78, 5) is 8.74. The second kappa shape index (κ2) is 7.88. The Bertz CT molecular complexity index is 440. The molecule has 0 radical (unpaired) electrons. The van der Waals surface area contributed by atoms with E-state index in [0.29, 0.717) is 5.92 Å². The third-order valence-corrected chi connectivity index (χ3v) is 3.46. The standard InChI is InChI=1S/C16H26N4/c1-13(2)12-19-15-9-11-18-16(20-15)17-10-8-14-6-4-3-5-7-14/h6,9,11,13H,3-5,7-8,10,12H2,1-2H3,(H2,17,18,19,20).